The van der Waals surface area contributed by atoms with Crippen molar-refractivity contribution in [1.82, 2.24) is 4.98 Å². The van der Waals surface area contributed by atoms with Crippen LogP contribution in [0.4, 0.5) is 0 Å². The summed E-state index contributed by atoms with van der Waals surface area (Å²) in [5.74, 6) is 0.359. The summed E-state index contributed by atoms with van der Waals surface area (Å²) in [6.45, 7) is 19.3. The van der Waals surface area contributed by atoms with Crippen LogP contribution in [0.2, 0.25) is 19.6 Å². The standard InChI is InChI=1S/C36H36NSi.C5H8O2.Ir/c1-23(2)32-21-27(20-26-10-8-9-11-29(26)32)35-34-31(18-19-37-35)30-17-14-25(22-33(30)36(34,3)4)24-12-15-28(16-13-24)38(5,6)7;1-4(6)3-5(2)7;/h8-19,21-23H,1-7H3;3,6H,1-2H3;/q-1;;/b;4-3-;. The van der Waals surface area contributed by atoms with Gasteiger partial charge in [0.05, 0.1) is 13.8 Å². The van der Waals surface area contributed by atoms with Crippen molar-refractivity contribution in [3.8, 4) is 33.5 Å². The third-order valence-corrected chi connectivity index (χ3v) is 10.8. The SMILES string of the molecule is CC(=O)/C=C(/C)O.CC(C)c1cc(-c2nccc3c2C(C)(C)c2cc(-c4ccc([Si](C)(C)C)cc4)ccc2-3)[c-]c2ccccc12.[Ir]. The average molecular weight is 803 g/mol. The number of carbonyl (C=O) groups is 1. The molecule has 1 heterocycles. The van der Waals surface area contributed by atoms with E-state index in [0.717, 1.165) is 16.6 Å². The number of pyridine rings is 1. The van der Waals surface area contributed by atoms with Crippen LogP contribution in [0.25, 0.3) is 44.3 Å². The van der Waals surface area contributed by atoms with Gasteiger partial charge in [-0.1, -0.05) is 118 Å². The van der Waals surface area contributed by atoms with E-state index in [2.05, 4.69) is 132 Å². The van der Waals surface area contributed by atoms with Crippen LogP contribution in [-0.4, -0.2) is 23.9 Å². The topological polar surface area (TPSA) is 50.2 Å². The Morgan fingerprint density at radius 3 is 2.13 bits per heavy atom. The third kappa shape index (κ3) is 7.02. The number of hydrogen-bond donors (Lipinski definition) is 1. The van der Waals surface area contributed by atoms with E-state index in [4.69, 9.17) is 10.1 Å². The van der Waals surface area contributed by atoms with E-state index in [1.54, 1.807) is 0 Å². The molecule has 0 amide bonds. The summed E-state index contributed by atoms with van der Waals surface area (Å²) in [5.41, 5.74) is 11.2. The number of aromatic nitrogens is 1. The van der Waals surface area contributed by atoms with Gasteiger partial charge in [0.15, 0.2) is 5.78 Å². The second kappa shape index (κ2) is 13.6. The number of nitrogens with zero attached hydrogens (tertiary/aromatic N) is 1. The molecule has 6 rings (SSSR count). The first-order valence-corrected chi connectivity index (χ1v) is 19.3. The van der Waals surface area contributed by atoms with Crippen LogP contribution in [0.5, 0.6) is 0 Å². The third-order valence-electron chi connectivity index (χ3n) is 8.74. The van der Waals surface area contributed by atoms with Crippen molar-refractivity contribution in [2.45, 2.75) is 72.5 Å². The Morgan fingerprint density at radius 2 is 1.54 bits per heavy atom. The number of ketones is 1. The quantitative estimate of drug-likeness (QED) is 0.0834. The summed E-state index contributed by atoms with van der Waals surface area (Å²) in [6.07, 6.45) is 3.14. The fourth-order valence-electron chi connectivity index (χ4n) is 6.45. The normalized spacial score (nSPS) is 13.4. The second-order valence-electron chi connectivity index (χ2n) is 14.0. The van der Waals surface area contributed by atoms with E-state index in [9.17, 15) is 4.79 Å². The maximum absolute atomic E-state index is 10.0. The molecule has 0 spiro atoms. The molecule has 1 N–H and O–H groups in total. The smallest absolute Gasteiger partial charge is 0.155 e. The zero-order valence-electron chi connectivity index (χ0n) is 28.4. The molecule has 1 radical (unpaired) electrons. The molecule has 0 atom stereocenters. The number of fused-ring (bicyclic) bond motifs is 4. The first kappa shape index (κ1) is 35.2. The van der Waals surface area contributed by atoms with Gasteiger partial charge in [0.2, 0.25) is 0 Å². The van der Waals surface area contributed by atoms with Crippen LogP contribution >= 0.6 is 0 Å². The summed E-state index contributed by atoms with van der Waals surface area (Å²) < 4.78 is 0. The Labute approximate surface area is 289 Å². The van der Waals surface area contributed by atoms with Gasteiger partial charge in [0.25, 0.3) is 0 Å². The van der Waals surface area contributed by atoms with Crippen LogP contribution < -0.4 is 5.19 Å². The first-order valence-electron chi connectivity index (χ1n) is 15.8. The number of carbonyl (C=O) groups excluding carboxylic acids is 1. The molecule has 1 aliphatic carbocycles. The molecule has 1 aromatic heterocycles. The van der Waals surface area contributed by atoms with Crippen molar-refractivity contribution >= 4 is 29.8 Å². The Kier molecular flexibility index (Phi) is 10.4. The zero-order valence-corrected chi connectivity index (χ0v) is 31.8. The predicted octanol–water partition coefficient (Wildman–Crippen LogP) is 10.4. The molecule has 0 saturated carbocycles. The van der Waals surface area contributed by atoms with E-state index >= 15 is 0 Å². The van der Waals surface area contributed by atoms with Crippen molar-refractivity contribution in [2.75, 3.05) is 0 Å². The average Bonchev–Trinajstić information content (AvgIpc) is 3.22. The Morgan fingerprint density at radius 1 is 0.891 bits per heavy atom. The number of hydrogen-bond acceptors (Lipinski definition) is 3. The fraction of sp³-hybridized carbons (Fsp3) is 0.268. The molecular weight excluding hydrogens is 759 g/mol. The monoisotopic (exact) mass is 803 g/mol. The van der Waals surface area contributed by atoms with Gasteiger partial charge < -0.3 is 5.11 Å². The van der Waals surface area contributed by atoms with Gasteiger partial charge in [-0.15, -0.1) is 29.1 Å². The first-order chi connectivity index (χ1) is 21.2. The van der Waals surface area contributed by atoms with Crippen LogP contribution in [0, 0.1) is 6.07 Å². The second-order valence-corrected chi connectivity index (χ2v) is 19.1. The van der Waals surface area contributed by atoms with Gasteiger partial charge in [-0.05, 0) is 65.3 Å². The Bertz CT molecular complexity index is 1930. The van der Waals surface area contributed by atoms with Gasteiger partial charge in [0, 0.05) is 43.5 Å². The van der Waals surface area contributed by atoms with E-state index in [1.807, 2.05) is 6.20 Å². The molecule has 5 aromatic rings. The summed E-state index contributed by atoms with van der Waals surface area (Å²) in [5, 5.41) is 12.3. The summed E-state index contributed by atoms with van der Waals surface area (Å²) >= 11 is 0. The molecule has 46 heavy (non-hydrogen) atoms. The molecule has 0 unspecified atom stereocenters. The molecule has 0 saturated heterocycles. The number of allylic oxidation sites excluding steroid dienone is 2. The van der Waals surface area contributed by atoms with Crippen LogP contribution in [-0.2, 0) is 30.3 Å². The van der Waals surface area contributed by atoms with E-state index in [1.165, 1.54) is 69.4 Å². The summed E-state index contributed by atoms with van der Waals surface area (Å²) in [7, 11) is -1.32. The van der Waals surface area contributed by atoms with Crippen molar-refractivity contribution in [3.63, 3.8) is 0 Å². The number of benzene rings is 4. The molecular formula is C41H44IrNO2Si-. The number of rotatable bonds is 5. The minimum atomic E-state index is -1.32. The van der Waals surface area contributed by atoms with Crippen molar-refractivity contribution in [3.05, 3.63) is 120 Å². The molecule has 5 heteroatoms. The molecule has 0 bridgehead atoms. The molecule has 239 valence electrons. The molecule has 0 aliphatic heterocycles. The number of aliphatic hydroxyl groups excluding tert-OH is 1. The predicted molar refractivity (Wildman–Crippen MR) is 193 cm³/mol. The van der Waals surface area contributed by atoms with Crippen molar-refractivity contribution < 1.29 is 30.0 Å². The van der Waals surface area contributed by atoms with Gasteiger partial charge in [-0.2, -0.15) is 0 Å². The van der Waals surface area contributed by atoms with Gasteiger partial charge in [-0.3, -0.25) is 9.78 Å². The Hall–Kier alpha value is -3.63. The van der Waals surface area contributed by atoms with Crippen LogP contribution in [0.15, 0.2) is 96.9 Å². The van der Waals surface area contributed by atoms with Crippen LogP contribution in [0.1, 0.15) is 64.2 Å². The molecule has 3 nitrogen and oxygen atoms in total. The number of aliphatic hydroxyl groups is 1. The largest absolute Gasteiger partial charge is 0.512 e. The van der Waals surface area contributed by atoms with Crippen molar-refractivity contribution in [2.24, 2.45) is 0 Å². The van der Waals surface area contributed by atoms with Crippen LogP contribution in [0.3, 0.4) is 0 Å². The van der Waals surface area contributed by atoms with E-state index in [-0.39, 0.29) is 37.1 Å². The van der Waals surface area contributed by atoms with Crippen molar-refractivity contribution in [1.29, 1.82) is 0 Å². The van der Waals surface area contributed by atoms with Gasteiger partial charge in [-0.25, -0.2) is 0 Å². The summed E-state index contributed by atoms with van der Waals surface area (Å²) in [4.78, 5) is 15.0. The zero-order chi connectivity index (χ0) is 32.7. The fourth-order valence-corrected chi connectivity index (χ4v) is 7.62. The maximum Gasteiger partial charge on any atom is 0.155 e. The molecule has 0 fully saturated rings. The summed E-state index contributed by atoms with van der Waals surface area (Å²) in [6, 6.07) is 33.1. The Balaban J connectivity index is 0.000000542. The minimum Gasteiger partial charge on any atom is -0.512 e. The minimum absolute atomic E-state index is 0. The van der Waals surface area contributed by atoms with Gasteiger partial charge in [0.1, 0.15) is 0 Å². The molecule has 1 aliphatic rings. The van der Waals surface area contributed by atoms with E-state index < -0.39 is 8.07 Å². The molecule has 4 aromatic carbocycles. The van der Waals surface area contributed by atoms with E-state index in [0.29, 0.717) is 5.92 Å². The van der Waals surface area contributed by atoms with Gasteiger partial charge >= 0.3 is 0 Å². The maximum atomic E-state index is 10.0.